The van der Waals surface area contributed by atoms with E-state index < -0.39 is 10.0 Å². The maximum Gasteiger partial charge on any atom is 0.232 e. The van der Waals surface area contributed by atoms with Crippen LogP contribution < -0.4 is 10.0 Å². The van der Waals surface area contributed by atoms with E-state index in [1.165, 1.54) is 0 Å². The molecule has 0 aliphatic heterocycles. The average Bonchev–Trinajstić information content (AvgIpc) is 2.28. The molecule has 0 spiro atoms. The Kier molecular flexibility index (Phi) is 6.85. The molecule has 0 aliphatic carbocycles. The van der Waals surface area contributed by atoms with Gasteiger partial charge in [0.1, 0.15) is 0 Å². The number of anilines is 1. The van der Waals surface area contributed by atoms with Crippen LogP contribution in [0.15, 0.2) is 18.2 Å². The lowest BCUT2D eigenvalue weighted by molar-refractivity contribution is 0.571. The molecule has 7 heteroatoms. The lowest BCUT2D eigenvalue weighted by atomic mass is 10.3. The molecule has 0 atom stereocenters. The Balaban J connectivity index is 2.54. The third-order valence-corrected chi connectivity index (χ3v) is 4.68. The maximum atomic E-state index is 11.9. The van der Waals surface area contributed by atoms with Crippen LogP contribution in [0.4, 0.5) is 5.69 Å². The molecule has 108 valence electrons. The topological polar surface area (TPSA) is 58.2 Å². The largest absolute Gasteiger partial charge is 0.314 e. The highest BCUT2D eigenvalue weighted by Crippen LogP contribution is 2.24. The number of halogens is 2. The summed E-state index contributed by atoms with van der Waals surface area (Å²) in [4.78, 5) is 0. The Hall–Kier alpha value is -0.0500. The second-order valence-electron chi connectivity index (χ2n) is 4.51. The van der Waals surface area contributed by atoms with Gasteiger partial charge in [-0.2, -0.15) is 0 Å². The van der Waals surface area contributed by atoms with Crippen molar-refractivity contribution in [1.29, 1.82) is 0 Å². The molecule has 0 bridgehead atoms. The number of nitrogens with one attached hydrogen (secondary N) is 2. The summed E-state index contributed by atoms with van der Waals surface area (Å²) in [6.45, 7) is 4.73. The normalized spacial score (nSPS) is 11.8. The highest BCUT2D eigenvalue weighted by atomic mass is 127. The first-order valence-corrected chi connectivity index (χ1v) is 9.10. The van der Waals surface area contributed by atoms with Crippen LogP contribution in [-0.4, -0.2) is 26.8 Å². The van der Waals surface area contributed by atoms with Gasteiger partial charge in [0, 0.05) is 9.61 Å². The fraction of sp³-hybridized carbons (Fsp3) is 0.500. The van der Waals surface area contributed by atoms with Gasteiger partial charge in [0.05, 0.1) is 16.5 Å². The zero-order valence-corrected chi connectivity index (χ0v) is 14.6. The Morgan fingerprint density at radius 3 is 2.63 bits per heavy atom. The van der Waals surface area contributed by atoms with Gasteiger partial charge in [0.2, 0.25) is 10.0 Å². The van der Waals surface area contributed by atoms with E-state index in [0.717, 1.165) is 3.57 Å². The minimum atomic E-state index is -3.34. The number of hydrogen-bond acceptors (Lipinski definition) is 3. The van der Waals surface area contributed by atoms with Crippen LogP contribution in [0.1, 0.15) is 20.3 Å². The molecule has 0 saturated heterocycles. The molecule has 0 fully saturated rings. The molecule has 4 nitrogen and oxygen atoms in total. The van der Waals surface area contributed by atoms with Gasteiger partial charge < -0.3 is 5.32 Å². The van der Waals surface area contributed by atoms with Gasteiger partial charge >= 0.3 is 0 Å². The Morgan fingerprint density at radius 1 is 1.37 bits per heavy atom. The first kappa shape index (κ1) is 17.0. The Labute approximate surface area is 133 Å². The van der Waals surface area contributed by atoms with Crippen molar-refractivity contribution >= 4 is 49.9 Å². The second-order valence-corrected chi connectivity index (χ2v) is 8.00. The predicted molar refractivity (Wildman–Crippen MR) is 89.3 cm³/mol. The van der Waals surface area contributed by atoms with E-state index in [1.807, 2.05) is 19.9 Å². The molecule has 2 N–H and O–H groups in total. The van der Waals surface area contributed by atoms with Crippen molar-refractivity contribution in [2.45, 2.75) is 26.3 Å². The standard InChI is InChI=1S/C12H18ClIN2O2S/c1-9(2)15-6-3-7-19(17,18)16-12-5-4-10(14)8-11(12)13/h4-5,8-9,15-16H,3,6-7H2,1-2H3. The summed E-state index contributed by atoms with van der Waals surface area (Å²) < 4.78 is 27.2. The van der Waals surface area contributed by atoms with Crippen LogP contribution in [0.2, 0.25) is 5.02 Å². The predicted octanol–water partition coefficient (Wildman–Crippen LogP) is 3.07. The number of hydrogen-bond donors (Lipinski definition) is 2. The van der Waals surface area contributed by atoms with Crippen LogP contribution in [0.5, 0.6) is 0 Å². The van der Waals surface area contributed by atoms with E-state index in [2.05, 4.69) is 32.6 Å². The summed E-state index contributed by atoms with van der Waals surface area (Å²) in [5.74, 6) is 0.0784. The number of benzene rings is 1. The Bertz CT molecular complexity index is 520. The molecule has 0 radical (unpaired) electrons. The monoisotopic (exact) mass is 416 g/mol. The number of sulfonamides is 1. The minimum Gasteiger partial charge on any atom is -0.314 e. The van der Waals surface area contributed by atoms with E-state index >= 15 is 0 Å². The zero-order chi connectivity index (χ0) is 14.5. The molecule has 19 heavy (non-hydrogen) atoms. The quantitative estimate of drug-likeness (QED) is 0.530. The van der Waals surface area contributed by atoms with E-state index in [0.29, 0.717) is 29.7 Å². The summed E-state index contributed by atoms with van der Waals surface area (Å²) in [5.41, 5.74) is 0.430. The summed E-state index contributed by atoms with van der Waals surface area (Å²) in [6.07, 6.45) is 0.565. The molecule has 0 aromatic heterocycles. The fourth-order valence-electron chi connectivity index (χ4n) is 1.44. The summed E-state index contributed by atoms with van der Waals surface area (Å²) in [5, 5.41) is 3.59. The SMILES string of the molecule is CC(C)NCCCS(=O)(=O)Nc1ccc(I)cc1Cl. The van der Waals surface area contributed by atoms with E-state index in [1.54, 1.807) is 12.1 Å². The second kappa shape index (κ2) is 7.66. The Morgan fingerprint density at radius 2 is 2.05 bits per heavy atom. The molecule has 1 aromatic rings. The van der Waals surface area contributed by atoms with Crippen molar-refractivity contribution in [3.8, 4) is 0 Å². The summed E-state index contributed by atoms with van der Waals surface area (Å²) in [7, 11) is -3.34. The third-order valence-electron chi connectivity index (χ3n) is 2.34. The van der Waals surface area contributed by atoms with Gasteiger partial charge in [0.15, 0.2) is 0 Å². The molecule has 1 aromatic carbocycles. The van der Waals surface area contributed by atoms with Crippen LogP contribution >= 0.6 is 34.2 Å². The van der Waals surface area contributed by atoms with Gasteiger partial charge in [-0.1, -0.05) is 25.4 Å². The zero-order valence-electron chi connectivity index (χ0n) is 10.9. The van der Waals surface area contributed by atoms with Crippen LogP contribution in [0.25, 0.3) is 0 Å². The van der Waals surface area contributed by atoms with Crippen LogP contribution in [0, 0.1) is 3.57 Å². The van der Waals surface area contributed by atoms with Crippen molar-refractivity contribution in [2.75, 3.05) is 17.0 Å². The molecular weight excluding hydrogens is 399 g/mol. The van der Waals surface area contributed by atoms with Crippen molar-refractivity contribution in [1.82, 2.24) is 5.32 Å². The van der Waals surface area contributed by atoms with E-state index in [9.17, 15) is 8.42 Å². The van der Waals surface area contributed by atoms with Gasteiger partial charge in [-0.3, -0.25) is 4.72 Å². The lowest BCUT2D eigenvalue weighted by Gasteiger charge is -2.11. The maximum absolute atomic E-state index is 11.9. The van der Waals surface area contributed by atoms with Crippen LogP contribution in [0.3, 0.4) is 0 Å². The first-order chi connectivity index (χ1) is 8.80. The van der Waals surface area contributed by atoms with Crippen LogP contribution in [-0.2, 0) is 10.0 Å². The highest BCUT2D eigenvalue weighted by molar-refractivity contribution is 14.1. The van der Waals surface area contributed by atoms with E-state index in [-0.39, 0.29) is 5.75 Å². The van der Waals surface area contributed by atoms with E-state index in [4.69, 9.17) is 11.6 Å². The molecule has 0 amide bonds. The van der Waals surface area contributed by atoms with Crippen molar-refractivity contribution in [2.24, 2.45) is 0 Å². The van der Waals surface area contributed by atoms with Crippen molar-refractivity contribution in [3.63, 3.8) is 0 Å². The molecule has 0 unspecified atom stereocenters. The van der Waals surface area contributed by atoms with Gasteiger partial charge in [-0.25, -0.2) is 8.42 Å². The van der Waals surface area contributed by atoms with Crippen molar-refractivity contribution in [3.05, 3.63) is 26.8 Å². The van der Waals surface area contributed by atoms with Gasteiger partial charge in [-0.05, 0) is 53.8 Å². The summed E-state index contributed by atoms with van der Waals surface area (Å²) >= 11 is 8.12. The molecule has 1 rings (SSSR count). The first-order valence-electron chi connectivity index (χ1n) is 5.99. The molecule has 0 aliphatic rings. The lowest BCUT2D eigenvalue weighted by Crippen LogP contribution is -2.26. The fourth-order valence-corrected chi connectivity index (χ4v) is 3.54. The van der Waals surface area contributed by atoms with Gasteiger partial charge in [0.25, 0.3) is 0 Å². The smallest absolute Gasteiger partial charge is 0.232 e. The summed E-state index contributed by atoms with van der Waals surface area (Å²) in [6, 6.07) is 5.57. The highest BCUT2D eigenvalue weighted by Gasteiger charge is 2.12. The van der Waals surface area contributed by atoms with Gasteiger partial charge in [-0.15, -0.1) is 0 Å². The third kappa shape index (κ3) is 6.78. The minimum absolute atomic E-state index is 0.0784. The average molecular weight is 417 g/mol. The molecular formula is C12H18ClIN2O2S. The van der Waals surface area contributed by atoms with Crippen molar-refractivity contribution < 1.29 is 8.42 Å². The molecule has 0 saturated carbocycles. The number of rotatable bonds is 7. The molecule has 0 heterocycles.